The van der Waals surface area contributed by atoms with E-state index in [1.54, 1.807) is 7.05 Å². The fourth-order valence-corrected chi connectivity index (χ4v) is 5.47. The van der Waals surface area contributed by atoms with Gasteiger partial charge in [-0.15, -0.1) is 0 Å². The van der Waals surface area contributed by atoms with Crippen molar-refractivity contribution in [1.29, 1.82) is 0 Å². The number of oxazole rings is 1. The van der Waals surface area contributed by atoms with Crippen molar-refractivity contribution in [2.45, 2.75) is 44.0 Å². The fraction of sp³-hybridized carbons (Fsp3) is 0.391. The number of aryl methyl sites for hydroxylation is 1. The van der Waals surface area contributed by atoms with Crippen molar-refractivity contribution >= 4 is 32.7 Å². The van der Waals surface area contributed by atoms with Crippen molar-refractivity contribution in [3.63, 3.8) is 0 Å². The zero-order chi connectivity index (χ0) is 22.9. The van der Waals surface area contributed by atoms with Gasteiger partial charge in [0, 0.05) is 31.9 Å². The van der Waals surface area contributed by atoms with Crippen LogP contribution in [0.4, 0.5) is 5.69 Å². The molecule has 2 heterocycles. The van der Waals surface area contributed by atoms with Gasteiger partial charge in [0.05, 0.1) is 10.4 Å². The third-order valence-electron chi connectivity index (χ3n) is 5.93. The first-order chi connectivity index (χ1) is 15.3. The van der Waals surface area contributed by atoms with Gasteiger partial charge in [-0.1, -0.05) is 30.5 Å². The monoisotopic (exact) mass is 457 g/mol. The Kier molecular flexibility index (Phi) is 6.21. The van der Waals surface area contributed by atoms with Crippen LogP contribution < -0.4 is 10.7 Å². The first-order valence-electron chi connectivity index (χ1n) is 10.7. The van der Waals surface area contributed by atoms with Gasteiger partial charge < -0.3 is 9.32 Å². The molecule has 0 N–H and O–H groups in total. The molecular weight excluding hydrogens is 430 g/mol. The van der Waals surface area contributed by atoms with Crippen molar-refractivity contribution in [2.24, 2.45) is 0 Å². The van der Waals surface area contributed by atoms with E-state index in [2.05, 4.69) is 0 Å². The number of benzene rings is 2. The van der Waals surface area contributed by atoms with Crippen molar-refractivity contribution in [3.05, 3.63) is 58.6 Å². The second-order valence-corrected chi connectivity index (χ2v) is 10.1. The molecule has 1 amide bonds. The second kappa shape index (κ2) is 8.91. The Labute approximate surface area is 187 Å². The van der Waals surface area contributed by atoms with Gasteiger partial charge in [0.25, 0.3) is 0 Å². The number of rotatable bonds is 5. The molecule has 4 rings (SSSR count). The van der Waals surface area contributed by atoms with E-state index in [0.29, 0.717) is 24.3 Å². The average Bonchev–Trinajstić information content (AvgIpc) is 2.95. The highest BCUT2D eigenvalue weighted by Crippen LogP contribution is 2.24. The summed E-state index contributed by atoms with van der Waals surface area (Å²) >= 11 is 0. The molecule has 1 aliphatic heterocycles. The van der Waals surface area contributed by atoms with E-state index in [1.165, 1.54) is 32.0 Å². The molecule has 2 aromatic carbocycles. The van der Waals surface area contributed by atoms with Crippen LogP contribution in [0.3, 0.4) is 0 Å². The maximum Gasteiger partial charge on any atom is 0.420 e. The predicted octanol–water partition coefficient (Wildman–Crippen LogP) is 3.13. The number of anilines is 1. The van der Waals surface area contributed by atoms with Gasteiger partial charge in [-0.3, -0.25) is 9.36 Å². The Morgan fingerprint density at radius 2 is 1.69 bits per heavy atom. The maximum atomic E-state index is 13.1. The quantitative estimate of drug-likeness (QED) is 0.587. The number of sulfonamides is 1. The summed E-state index contributed by atoms with van der Waals surface area (Å²) in [6.45, 7) is 2.73. The van der Waals surface area contributed by atoms with Gasteiger partial charge in [-0.2, -0.15) is 4.31 Å². The molecule has 170 valence electrons. The number of likely N-dealkylation sites (N-methyl/N-ethyl adjacent to an activating group) is 1. The Morgan fingerprint density at radius 1 is 1.03 bits per heavy atom. The van der Waals surface area contributed by atoms with E-state index < -0.39 is 15.8 Å². The van der Waals surface area contributed by atoms with Crippen LogP contribution in [0.1, 0.15) is 31.2 Å². The number of nitrogens with zero attached hydrogens (tertiary/aromatic N) is 3. The summed E-state index contributed by atoms with van der Waals surface area (Å²) in [5.41, 5.74) is 2.33. The average molecular weight is 458 g/mol. The maximum absolute atomic E-state index is 13.1. The van der Waals surface area contributed by atoms with Crippen LogP contribution in [0, 0.1) is 6.92 Å². The molecule has 0 saturated carbocycles. The summed E-state index contributed by atoms with van der Waals surface area (Å²) in [6, 6.07) is 11.9. The van der Waals surface area contributed by atoms with Crippen molar-refractivity contribution in [1.82, 2.24) is 8.87 Å². The van der Waals surface area contributed by atoms with Crippen molar-refractivity contribution in [3.8, 4) is 0 Å². The lowest BCUT2D eigenvalue weighted by atomic mass is 10.2. The Bertz CT molecular complexity index is 1280. The molecule has 0 radical (unpaired) electrons. The SMILES string of the molecule is Cc1ccc(N(C)C(=O)Cn2c(=O)oc3cc(S(=O)(=O)N4CCCCCC4)ccc32)cc1. The molecule has 0 aliphatic carbocycles. The van der Waals surface area contributed by atoms with E-state index in [-0.39, 0.29) is 22.9 Å². The van der Waals surface area contributed by atoms with Crippen LogP contribution in [0.2, 0.25) is 0 Å². The molecule has 9 heteroatoms. The second-order valence-electron chi connectivity index (χ2n) is 8.19. The van der Waals surface area contributed by atoms with Gasteiger partial charge in [0.15, 0.2) is 5.58 Å². The Hall–Kier alpha value is -2.91. The van der Waals surface area contributed by atoms with Gasteiger partial charge in [-0.05, 0) is 44.0 Å². The lowest BCUT2D eigenvalue weighted by Gasteiger charge is -2.19. The number of hydrogen-bond donors (Lipinski definition) is 0. The van der Waals surface area contributed by atoms with Crippen molar-refractivity contribution < 1.29 is 17.6 Å². The fourth-order valence-electron chi connectivity index (χ4n) is 3.94. The van der Waals surface area contributed by atoms with Crippen LogP contribution in [0.5, 0.6) is 0 Å². The van der Waals surface area contributed by atoms with Gasteiger partial charge >= 0.3 is 5.76 Å². The normalized spacial score (nSPS) is 15.6. The minimum atomic E-state index is -3.67. The summed E-state index contributed by atoms with van der Waals surface area (Å²) in [5, 5.41) is 0. The summed E-state index contributed by atoms with van der Waals surface area (Å²) < 4.78 is 34.1. The van der Waals surface area contributed by atoms with Crippen LogP contribution in [-0.4, -0.2) is 43.3 Å². The minimum Gasteiger partial charge on any atom is -0.408 e. The first-order valence-corrected chi connectivity index (χ1v) is 12.2. The van der Waals surface area contributed by atoms with Crippen LogP contribution in [-0.2, 0) is 21.4 Å². The molecule has 1 fully saturated rings. The van der Waals surface area contributed by atoms with Crippen LogP contribution >= 0.6 is 0 Å². The van der Waals surface area contributed by atoms with Crippen molar-refractivity contribution in [2.75, 3.05) is 25.0 Å². The first kappa shape index (κ1) is 22.3. The largest absolute Gasteiger partial charge is 0.420 e. The molecule has 0 spiro atoms. The smallest absolute Gasteiger partial charge is 0.408 e. The number of aromatic nitrogens is 1. The van der Waals surface area contributed by atoms with E-state index in [9.17, 15) is 18.0 Å². The summed E-state index contributed by atoms with van der Waals surface area (Å²) in [7, 11) is -2.02. The number of fused-ring (bicyclic) bond motifs is 1. The molecular formula is C23H27N3O5S. The number of amides is 1. The molecule has 8 nitrogen and oxygen atoms in total. The highest BCUT2D eigenvalue weighted by molar-refractivity contribution is 7.89. The van der Waals surface area contributed by atoms with Gasteiger partial charge in [-0.25, -0.2) is 13.2 Å². The van der Waals surface area contributed by atoms with Crippen LogP contribution in [0.25, 0.3) is 11.1 Å². The molecule has 32 heavy (non-hydrogen) atoms. The Balaban J connectivity index is 1.60. The zero-order valence-electron chi connectivity index (χ0n) is 18.3. The number of carbonyl (C=O) groups is 1. The van der Waals surface area contributed by atoms with E-state index in [0.717, 1.165) is 31.2 Å². The van der Waals surface area contributed by atoms with E-state index in [1.807, 2.05) is 31.2 Å². The number of hydrogen-bond acceptors (Lipinski definition) is 5. The molecule has 1 aromatic heterocycles. The lowest BCUT2D eigenvalue weighted by Crippen LogP contribution is -2.32. The standard InChI is InChI=1S/C23H27N3O5S/c1-17-7-9-18(10-8-17)24(2)22(27)16-26-20-12-11-19(15-21(20)31-23(26)28)32(29,30)25-13-5-3-4-6-14-25/h7-12,15H,3-6,13-14,16H2,1-2H3. The van der Waals surface area contributed by atoms with Gasteiger partial charge in [0.2, 0.25) is 15.9 Å². The van der Waals surface area contributed by atoms with Crippen LogP contribution in [0.15, 0.2) is 56.6 Å². The zero-order valence-corrected chi connectivity index (χ0v) is 19.1. The summed E-state index contributed by atoms with van der Waals surface area (Å²) in [5.74, 6) is -0.991. The topological polar surface area (TPSA) is 92.8 Å². The highest BCUT2D eigenvalue weighted by atomic mass is 32.2. The van der Waals surface area contributed by atoms with Gasteiger partial charge in [0.1, 0.15) is 6.54 Å². The highest BCUT2D eigenvalue weighted by Gasteiger charge is 2.26. The Morgan fingerprint density at radius 3 is 2.34 bits per heavy atom. The summed E-state index contributed by atoms with van der Waals surface area (Å²) in [4.78, 5) is 26.8. The third-order valence-corrected chi connectivity index (χ3v) is 7.83. The molecule has 3 aromatic rings. The van der Waals surface area contributed by atoms with E-state index in [4.69, 9.17) is 4.42 Å². The third kappa shape index (κ3) is 4.35. The molecule has 0 bridgehead atoms. The lowest BCUT2D eigenvalue weighted by molar-refractivity contribution is -0.118. The molecule has 1 saturated heterocycles. The number of carbonyl (C=O) groups excluding carboxylic acids is 1. The van der Waals surface area contributed by atoms with E-state index >= 15 is 0 Å². The predicted molar refractivity (Wildman–Crippen MR) is 122 cm³/mol. The molecule has 1 aliphatic rings. The molecule has 0 atom stereocenters. The minimum absolute atomic E-state index is 0.0934. The molecule has 0 unspecified atom stereocenters. The summed E-state index contributed by atoms with van der Waals surface area (Å²) in [6.07, 6.45) is 3.72.